The lowest BCUT2D eigenvalue weighted by molar-refractivity contribution is 0.0925. The molecule has 1 aliphatic rings. The van der Waals surface area contributed by atoms with Crippen LogP contribution in [0.15, 0.2) is 60.7 Å². The summed E-state index contributed by atoms with van der Waals surface area (Å²) in [5.41, 5.74) is 2.49. The molecule has 0 unspecified atom stereocenters. The summed E-state index contributed by atoms with van der Waals surface area (Å²) in [6.45, 7) is 1.69. The van der Waals surface area contributed by atoms with Crippen molar-refractivity contribution >= 4 is 17.5 Å². The molecule has 0 saturated heterocycles. The number of aryl methyl sites for hydroxylation is 1. The van der Waals surface area contributed by atoms with Gasteiger partial charge in [-0.05, 0) is 24.6 Å². The second-order valence-corrected chi connectivity index (χ2v) is 6.19. The highest BCUT2D eigenvalue weighted by Gasteiger charge is 2.41. The molecule has 2 aromatic carbocycles. The van der Waals surface area contributed by atoms with Gasteiger partial charge in [-0.1, -0.05) is 48.5 Å². The lowest BCUT2D eigenvalue weighted by atomic mass is 10.0. The van der Waals surface area contributed by atoms with Crippen LogP contribution in [0.1, 0.15) is 37.7 Å². The highest BCUT2D eigenvalue weighted by molar-refractivity contribution is 6.35. The topological polar surface area (TPSA) is 70.5 Å². The maximum Gasteiger partial charge on any atom is 0.270 e. The second kappa shape index (κ2) is 6.11. The van der Waals surface area contributed by atoms with Crippen molar-refractivity contribution in [2.45, 2.75) is 13.3 Å². The average Bonchev–Trinajstić information content (AvgIpc) is 2.92. The Morgan fingerprint density at radius 3 is 2.12 bits per heavy atom. The quantitative estimate of drug-likeness (QED) is 0.739. The highest BCUT2D eigenvalue weighted by atomic mass is 16.3. The second-order valence-electron chi connectivity index (χ2n) is 6.19. The molecule has 2 heterocycles. The number of hydrogen-bond donors (Lipinski definition) is 1. The van der Waals surface area contributed by atoms with Crippen LogP contribution in [0.4, 0.5) is 5.69 Å². The zero-order valence-electron chi connectivity index (χ0n) is 14.1. The number of aromatic hydroxyl groups is 1. The maximum atomic E-state index is 12.9. The minimum atomic E-state index is -0.520. The first-order chi connectivity index (χ1) is 12.6. The Morgan fingerprint density at radius 2 is 1.46 bits per heavy atom. The van der Waals surface area contributed by atoms with Crippen LogP contribution in [0.5, 0.6) is 5.75 Å². The number of nitrogens with zero attached hydrogens (tertiary/aromatic N) is 2. The number of amides is 2. The summed E-state index contributed by atoms with van der Waals surface area (Å²) in [5, 5.41) is 10.7. The minimum Gasteiger partial charge on any atom is -0.505 e. The van der Waals surface area contributed by atoms with E-state index in [1.54, 1.807) is 31.2 Å². The predicted octanol–water partition coefficient (Wildman–Crippen LogP) is 3.49. The Labute approximate surface area is 150 Å². The van der Waals surface area contributed by atoms with Gasteiger partial charge < -0.3 is 5.11 Å². The van der Waals surface area contributed by atoms with Crippen LogP contribution >= 0.6 is 0 Å². The summed E-state index contributed by atoms with van der Waals surface area (Å²) in [7, 11) is 0. The first-order valence-corrected chi connectivity index (χ1v) is 8.28. The summed E-state index contributed by atoms with van der Waals surface area (Å²) in [6, 6.07) is 18.2. The third-order valence-corrected chi connectivity index (χ3v) is 4.49. The van der Waals surface area contributed by atoms with Crippen molar-refractivity contribution in [1.82, 2.24) is 4.98 Å². The van der Waals surface area contributed by atoms with E-state index in [0.717, 1.165) is 10.5 Å². The number of pyridine rings is 1. The molecule has 0 spiro atoms. The predicted molar refractivity (Wildman–Crippen MR) is 97.5 cm³/mol. The minimum absolute atomic E-state index is 0.0392. The number of anilines is 1. The van der Waals surface area contributed by atoms with Gasteiger partial charge in [-0.3, -0.25) is 14.6 Å². The third kappa shape index (κ3) is 2.45. The van der Waals surface area contributed by atoms with E-state index in [4.69, 9.17) is 0 Å². The van der Waals surface area contributed by atoms with Gasteiger partial charge in [0, 0.05) is 6.42 Å². The standard InChI is InChI=1S/C21H16N2O3/c1-13-17-18(19(24)16(22-13)12-14-8-4-2-5-9-14)21(26)23(20(17)25)15-10-6-3-7-11-15/h2-11,24H,12H2,1H3. The Balaban J connectivity index is 1.81. The SMILES string of the molecule is Cc1nc(Cc2ccccc2)c(O)c2c1C(=O)N(c1ccccc1)C2=O. The maximum absolute atomic E-state index is 12.9. The van der Waals surface area contributed by atoms with Crippen LogP contribution < -0.4 is 4.90 Å². The van der Waals surface area contributed by atoms with Crippen molar-refractivity contribution in [1.29, 1.82) is 0 Å². The molecule has 0 radical (unpaired) electrons. The Kier molecular flexibility index (Phi) is 3.77. The molecule has 0 atom stereocenters. The fraction of sp³-hybridized carbons (Fsp3) is 0.0952. The molecular formula is C21H16N2O3. The van der Waals surface area contributed by atoms with Crippen molar-refractivity contribution in [3.8, 4) is 5.75 Å². The van der Waals surface area contributed by atoms with E-state index >= 15 is 0 Å². The molecule has 0 fully saturated rings. The van der Waals surface area contributed by atoms with Gasteiger partial charge >= 0.3 is 0 Å². The van der Waals surface area contributed by atoms with Crippen molar-refractivity contribution in [3.05, 3.63) is 88.7 Å². The van der Waals surface area contributed by atoms with E-state index in [0.29, 0.717) is 23.5 Å². The summed E-state index contributed by atoms with van der Waals surface area (Å²) in [4.78, 5) is 31.2. The summed E-state index contributed by atoms with van der Waals surface area (Å²) < 4.78 is 0. The first-order valence-electron chi connectivity index (χ1n) is 8.28. The molecule has 3 aromatic rings. The molecule has 1 N–H and O–H groups in total. The normalized spacial score (nSPS) is 13.2. The van der Waals surface area contributed by atoms with Crippen LogP contribution in [0.25, 0.3) is 0 Å². The van der Waals surface area contributed by atoms with Crippen LogP contribution in [0.2, 0.25) is 0 Å². The molecule has 5 heteroatoms. The fourth-order valence-corrected chi connectivity index (χ4v) is 3.26. The van der Waals surface area contributed by atoms with Crippen LogP contribution in [0.3, 0.4) is 0 Å². The largest absolute Gasteiger partial charge is 0.505 e. The van der Waals surface area contributed by atoms with Crippen molar-refractivity contribution in [3.63, 3.8) is 0 Å². The van der Waals surface area contributed by atoms with Crippen molar-refractivity contribution in [2.24, 2.45) is 0 Å². The summed E-state index contributed by atoms with van der Waals surface area (Å²) in [5.74, 6) is -1.19. The van der Waals surface area contributed by atoms with E-state index < -0.39 is 11.8 Å². The molecule has 4 rings (SSSR count). The van der Waals surface area contributed by atoms with E-state index in [2.05, 4.69) is 4.98 Å². The molecule has 128 valence electrons. The Bertz CT molecular complexity index is 1010. The van der Waals surface area contributed by atoms with Crippen LogP contribution in [-0.2, 0) is 6.42 Å². The average molecular weight is 344 g/mol. The lowest BCUT2D eigenvalue weighted by Crippen LogP contribution is -2.29. The van der Waals surface area contributed by atoms with E-state index in [1.165, 1.54) is 0 Å². The highest BCUT2D eigenvalue weighted by Crippen LogP contribution is 2.36. The Hall–Kier alpha value is -3.47. The monoisotopic (exact) mass is 344 g/mol. The molecule has 26 heavy (non-hydrogen) atoms. The number of carbonyl (C=O) groups is 2. The van der Waals surface area contributed by atoms with E-state index in [9.17, 15) is 14.7 Å². The molecule has 5 nitrogen and oxygen atoms in total. The molecular weight excluding hydrogens is 328 g/mol. The number of carbonyl (C=O) groups excluding carboxylic acids is 2. The van der Waals surface area contributed by atoms with Gasteiger partial charge in [0.15, 0.2) is 5.75 Å². The number of imide groups is 1. The van der Waals surface area contributed by atoms with Crippen molar-refractivity contribution in [2.75, 3.05) is 4.90 Å². The van der Waals surface area contributed by atoms with Crippen LogP contribution in [0, 0.1) is 6.92 Å². The van der Waals surface area contributed by atoms with Gasteiger partial charge in [-0.25, -0.2) is 4.90 Å². The van der Waals surface area contributed by atoms with E-state index in [1.807, 2.05) is 36.4 Å². The lowest BCUT2D eigenvalue weighted by Gasteiger charge is -2.13. The van der Waals surface area contributed by atoms with Crippen molar-refractivity contribution < 1.29 is 14.7 Å². The zero-order valence-corrected chi connectivity index (χ0v) is 14.1. The zero-order chi connectivity index (χ0) is 18.3. The summed E-state index contributed by atoms with van der Waals surface area (Å²) in [6.07, 6.45) is 0.383. The van der Waals surface area contributed by atoms with Gasteiger partial charge in [-0.2, -0.15) is 0 Å². The van der Waals surface area contributed by atoms with Gasteiger partial charge in [0.1, 0.15) is 0 Å². The fourth-order valence-electron chi connectivity index (χ4n) is 3.26. The number of fused-ring (bicyclic) bond motifs is 1. The smallest absolute Gasteiger partial charge is 0.270 e. The number of rotatable bonds is 3. The number of para-hydroxylation sites is 1. The molecule has 0 bridgehead atoms. The molecule has 0 saturated carbocycles. The molecule has 1 aromatic heterocycles. The van der Waals surface area contributed by atoms with Gasteiger partial charge in [0.2, 0.25) is 0 Å². The first kappa shape index (κ1) is 16.0. The Morgan fingerprint density at radius 1 is 0.885 bits per heavy atom. The van der Waals surface area contributed by atoms with Gasteiger partial charge in [0.25, 0.3) is 11.8 Å². The molecule has 2 amide bonds. The van der Waals surface area contributed by atoms with Crippen LogP contribution in [-0.4, -0.2) is 21.9 Å². The molecule has 1 aliphatic heterocycles. The van der Waals surface area contributed by atoms with E-state index in [-0.39, 0.29) is 16.9 Å². The van der Waals surface area contributed by atoms with Gasteiger partial charge in [0.05, 0.1) is 28.2 Å². The number of benzene rings is 2. The number of aromatic nitrogens is 1. The summed E-state index contributed by atoms with van der Waals surface area (Å²) >= 11 is 0. The number of hydrogen-bond acceptors (Lipinski definition) is 4. The molecule has 0 aliphatic carbocycles. The third-order valence-electron chi connectivity index (χ3n) is 4.49. The van der Waals surface area contributed by atoms with Gasteiger partial charge in [-0.15, -0.1) is 0 Å².